The zero-order valence-electron chi connectivity index (χ0n) is 14.4. The Morgan fingerprint density at radius 3 is 2.17 bits per heavy atom. The average molecular weight is 334 g/mol. The van der Waals surface area contributed by atoms with E-state index >= 15 is 0 Å². The Labute approximate surface area is 142 Å². The van der Waals surface area contributed by atoms with Crippen LogP contribution in [0.15, 0.2) is 24.3 Å². The predicted molar refractivity (Wildman–Crippen MR) is 91.1 cm³/mol. The summed E-state index contributed by atoms with van der Waals surface area (Å²) in [6, 6.07) is 7.25. The molecule has 6 nitrogen and oxygen atoms in total. The van der Waals surface area contributed by atoms with E-state index in [0.717, 1.165) is 18.6 Å². The largest absolute Gasteiger partial charge is 0.497 e. The Balaban J connectivity index is 1.69. The minimum absolute atomic E-state index is 0.149. The molecule has 0 saturated heterocycles. The molecule has 0 aliphatic heterocycles. The maximum absolute atomic E-state index is 12.3. The molecule has 2 N–H and O–H groups in total. The van der Waals surface area contributed by atoms with Crippen LogP contribution in [0, 0.1) is 5.41 Å². The molecule has 0 bridgehead atoms. The summed E-state index contributed by atoms with van der Waals surface area (Å²) in [7, 11) is 1.61. The molecule has 1 aliphatic rings. The fourth-order valence-corrected chi connectivity index (χ4v) is 2.40. The van der Waals surface area contributed by atoms with Crippen LogP contribution in [-0.2, 0) is 9.59 Å². The lowest BCUT2D eigenvalue weighted by atomic mass is 10.1. The molecule has 0 atom stereocenters. The minimum Gasteiger partial charge on any atom is -0.497 e. The van der Waals surface area contributed by atoms with E-state index < -0.39 is 5.41 Å². The van der Waals surface area contributed by atoms with Crippen molar-refractivity contribution in [3.63, 3.8) is 0 Å². The van der Waals surface area contributed by atoms with E-state index in [-0.39, 0.29) is 11.8 Å². The molecule has 1 fully saturated rings. The van der Waals surface area contributed by atoms with Gasteiger partial charge in [-0.25, -0.2) is 0 Å². The van der Waals surface area contributed by atoms with Crippen LogP contribution in [0.3, 0.4) is 0 Å². The van der Waals surface area contributed by atoms with Crippen LogP contribution in [0.4, 0.5) is 0 Å². The van der Waals surface area contributed by atoms with E-state index in [2.05, 4.69) is 17.6 Å². The normalized spacial score (nSPS) is 14.6. The van der Waals surface area contributed by atoms with Crippen molar-refractivity contribution in [2.45, 2.75) is 32.6 Å². The Kier molecular flexibility index (Phi) is 6.46. The third kappa shape index (κ3) is 4.63. The first-order chi connectivity index (χ1) is 11.6. The quantitative estimate of drug-likeness (QED) is 0.506. The summed E-state index contributed by atoms with van der Waals surface area (Å²) < 4.78 is 10.6. The van der Waals surface area contributed by atoms with Gasteiger partial charge in [0.1, 0.15) is 23.5 Å². The fourth-order valence-electron chi connectivity index (χ4n) is 2.40. The molecular weight excluding hydrogens is 308 g/mol. The zero-order chi connectivity index (χ0) is 17.4. The molecule has 6 heteroatoms. The van der Waals surface area contributed by atoms with Crippen LogP contribution < -0.4 is 20.1 Å². The first-order valence-electron chi connectivity index (χ1n) is 8.46. The lowest BCUT2D eigenvalue weighted by Crippen LogP contribution is -2.44. The van der Waals surface area contributed by atoms with Gasteiger partial charge in [0.25, 0.3) is 0 Å². The van der Waals surface area contributed by atoms with E-state index in [0.29, 0.717) is 38.3 Å². The molecule has 1 aromatic carbocycles. The molecular formula is C18H26N2O4. The molecule has 0 radical (unpaired) electrons. The first kappa shape index (κ1) is 18.1. The second kappa shape index (κ2) is 8.57. The molecule has 1 aromatic rings. The van der Waals surface area contributed by atoms with Gasteiger partial charge in [-0.2, -0.15) is 0 Å². The highest BCUT2D eigenvalue weighted by Gasteiger charge is 2.56. The summed E-state index contributed by atoms with van der Waals surface area (Å²) in [5.41, 5.74) is -0.853. The molecule has 0 aromatic heterocycles. The predicted octanol–water partition coefficient (Wildman–Crippen LogP) is 1.89. The van der Waals surface area contributed by atoms with Gasteiger partial charge in [0.15, 0.2) is 0 Å². The van der Waals surface area contributed by atoms with E-state index in [1.54, 1.807) is 7.11 Å². The Morgan fingerprint density at radius 2 is 1.62 bits per heavy atom. The topological polar surface area (TPSA) is 76.7 Å². The number of amides is 2. The minimum atomic E-state index is -0.853. The van der Waals surface area contributed by atoms with E-state index in [1.807, 2.05) is 24.3 Å². The van der Waals surface area contributed by atoms with Crippen LogP contribution in [0.5, 0.6) is 11.5 Å². The fraction of sp³-hybridized carbons (Fsp3) is 0.556. The summed E-state index contributed by atoms with van der Waals surface area (Å²) in [4.78, 5) is 24.4. The molecule has 0 unspecified atom stereocenters. The van der Waals surface area contributed by atoms with Crippen molar-refractivity contribution >= 4 is 11.8 Å². The van der Waals surface area contributed by atoms with E-state index in [1.165, 1.54) is 0 Å². The third-order valence-electron chi connectivity index (χ3n) is 4.15. The number of hydrogen-bond acceptors (Lipinski definition) is 4. The monoisotopic (exact) mass is 334 g/mol. The van der Waals surface area contributed by atoms with Gasteiger partial charge in [0.2, 0.25) is 11.8 Å². The number of unbranched alkanes of at least 4 members (excludes halogenated alkanes) is 1. The van der Waals surface area contributed by atoms with Crippen LogP contribution >= 0.6 is 0 Å². The number of hydrogen-bond donors (Lipinski definition) is 2. The summed E-state index contributed by atoms with van der Waals surface area (Å²) in [5.74, 6) is 1.13. The molecule has 2 rings (SSSR count). The number of carbonyl (C=O) groups excluding carboxylic acids is 2. The van der Waals surface area contributed by atoms with Gasteiger partial charge in [0, 0.05) is 6.54 Å². The molecule has 0 spiro atoms. The van der Waals surface area contributed by atoms with Crippen molar-refractivity contribution in [2.75, 3.05) is 26.8 Å². The second-order valence-corrected chi connectivity index (χ2v) is 5.97. The zero-order valence-corrected chi connectivity index (χ0v) is 14.4. The van der Waals surface area contributed by atoms with Crippen molar-refractivity contribution in [2.24, 2.45) is 5.41 Å². The molecule has 0 heterocycles. The summed E-state index contributed by atoms with van der Waals surface area (Å²) in [5, 5.41) is 5.65. The SMILES string of the molecule is CCCCNC(=O)C1(C(=O)NCCOc2ccc(OC)cc2)CC1. The van der Waals surface area contributed by atoms with E-state index in [9.17, 15) is 9.59 Å². The average Bonchev–Trinajstić information content (AvgIpc) is 3.41. The van der Waals surface area contributed by atoms with Gasteiger partial charge in [-0.3, -0.25) is 9.59 Å². The number of carbonyl (C=O) groups is 2. The van der Waals surface area contributed by atoms with Crippen molar-refractivity contribution in [1.82, 2.24) is 10.6 Å². The van der Waals surface area contributed by atoms with Gasteiger partial charge in [0.05, 0.1) is 13.7 Å². The Bertz CT molecular complexity index is 553. The maximum Gasteiger partial charge on any atom is 0.235 e. The van der Waals surface area contributed by atoms with Crippen LogP contribution in [0.2, 0.25) is 0 Å². The van der Waals surface area contributed by atoms with Crippen molar-refractivity contribution in [3.05, 3.63) is 24.3 Å². The number of nitrogens with one attached hydrogen (secondary N) is 2. The maximum atomic E-state index is 12.3. The standard InChI is InChI=1S/C18H26N2O4/c1-3-4-11-19-16(21)18(9-10-18)17(22)20-12-13-24-15-7-5-14(23-2)6-8-15/h5-8H,3-4,9-13H2,1-2H3,(H,19,21)(H,20,22). The molecule has 24 heavy (non-hydrogen) atoms. The van der Waals surface area contributed by atoms with Crippen molar-refractivity contribution in [1.29, 1.82) is 0 Å². The molecule has 1 saturated carbocycles. The Morgan fingerprint density at radius 1 is 1.04 bits per heavy atom. The lowest BCUT2D eigenvalue weighted by molar-refractivity contribution is -0.137. The summed E-state index contributed by atoms with van der Waals surface area (Å²) >= 11 is 0. The molecule has 2 amide bonds. The highest BCUT2D eigenvalue weighted by atomic mass is 16.5. The van der Waals surface area contributed by atoms with Crippen molar-refractivity contribution in [3.8, 4) is 11.5 Å². The van der Waals surface area contributed by atoms with Crippen molar-refractivity contribution < 1.29 is 19.1 Å². The van der Waals surface area contributed by atoms with Crippen LogP contribution in [0.25, 0.3) is 0 Å². The van der Waals surface area contributed by atoms with Crippen LogP contribution in [-0.4, -0.2) is 38.6 Å². The molecule has 1 aliphatic carbocycles. The number of ether oxygens (including phenoxy) is 2. The number of rotatable bonds is 10. The van der Waals surface area contributed by atoms with Crippen LogP contribution in [0.1, 0.15) is 32.6 Å². The van der Waals surface area contributed by atoms with Gasteiger partial charge in [-0.15, -0.1) is 0 Å². The lowest BCUT2D eigenvalue weighted by Gasteiger charge is -2.15. The van der Waals surface area contributed by atoms with Gasteiger partial charge >= 0.3 is 0 Å². The first-order valence-corrected chi connectivity index (χ1v) is 8.46. The van der Waals surface area contributed by atoms with Gasteiger partial charge in [-0.05, 0) is 43.5 Å². The highest BCUT2D eigenvalue weighted by Crippen LogP contribution is 2.46. The van der Waals surface area contributed by atoms with Gasteiger partial charge < -0.3 is 20.1 Å². The van der Waals surface area contributed by atoms with Gasteiger partial charge in [-0.1, -0.05) is 13.3 Å². The second-order valence-electron chi connectivity index (χ2n) is 5.97. The summed E-state index contributed by atoms with van der Waals surface area (Å²) in [6.45, 7) is 3.42. The summed E-state index contributed by atoms with van der Waals surface area (Å²) in [6.07, 6.45) is 3.19. The smallest absolute Gasteiger partial charge is 0.235 e. The third-order valence-corrected chi connectivity index (χ3v) is 4.15. The molecule has 132 valence electrons. The number of benzene rings is 1. The Hall–Kier alpha value is -2.24. The number of methoxy groups -OCH3 is 1. The highest BCUT2D eigenvalue weighted by molar-refractivity contribution is 6.07. The van der Waals surface area contributed by atoms with E-state index in [4.69, 9.17) is 9.47 Å².